The van der Waals surface area contributed by atoms with Crippen molar-refractivity contribution in [3.63, 3.8) is 0 Å². The van der Waals surface area contributed by atoms with Crippen molar-refractivity contribution in [1.29, 1.82) is 0 Å². The van der Waals surface area contributed by atoms with E-state index in [-0.39, 0.29) is 5.91 Å². The second-order valence-corrected chi connectivity index (χ2v) is 10.9. The second-order valence-electron chi connectivity index (χ2n) is 8.33. The molecule has 0 aromatic carbocycles. The van der Waals surface area contributed by atoms with Gasteiger partial charge >= 0.3 is 11.9 Å². The van der Waals surface area contributed by atoms with E-state index in [1.165, 1.54) is 100 Å². The number of esters is 2. The zero-order valence-corrected chi connectivity index (χ0v) is 22.5. The quantitative estimate of drug-likeness (QED) is 0.120. The highest BCUT2D eigenvalue weighted by atomic mass is 33.1. The van der Waals surface area contributed by atoms with Crippen molar-refractivity contribution in [2.75, 3.05) is 25.7 Å². The average molecular weight is 507 g/mol. The molecule has 0 rings (SSSR count). The summed E-state index contributed by atoms with van der Waals surface area (Å²) in [5.74, 6) is -0.378. The summed E-state index contributed by atoms with van der Waals surface area (Å²) in [6.07, 6.45) is 16.8. The summed E-state index contributed by atoms with van der Waals surface area (Å²) in [7, 11) is 5.32. The Kier molecular flexibility index (Phi) is 22.2. The fourth-order valence-electron chi connectivity index (χ4n) is 3.34. The standard InChI is InChI=1S/C24H46N2O5S2/c1-4-5-6-7-8-9-10-11-12-13-14-15-16-17-22(27)26-21(24(29)31-3)19-33-32-18-20(25)23(28)30-2/h20-21H,4-19,25H2,1-3H3,(H,26,27)/t20?,21-/m0/s1. The van der Waals surface area contributed by atoms with Gasteiger partial charge in [-0.1, -0.05) is 106 Å². The lowest BCUT2D eigenvalue weighted by Crippen LogP contribution is -2.43. The first-order valence-corrected chi connectivity index (χ1v) is 14.9. The molecule has 9 heteroatoms. The third-order valence-corrected chi connectivity index (χ3v) is 7.85. The van der Waals surface area contributed by atoms with E-state index in [0.29, 0.717) is 17.9 Å². The molecule has 0 radical (unpaired) electrons. The fraction of sp³-hybridized carbons (Fsp3) is 0.875. The van der Waals surface area contributed by atoms with E-state index < -0.39 is 24.0 Å². The van der Waals surface area contributed by atoms with E-state index in [2.05, 4.69) is 17.0 Å². The molecule has 0 aromatic heterocycles. The van der Waals surface area contributed by atoms with Gasteiger partial charge in [0.2, 0.25) is 5.91 Å². The number of rotatable bonds is 22. The molecule has 0 fully saturated rings. The van der Waals surface area contributed by atoms with Gasteiger partial charge in [0.1, 0.15) is 12.1 Å². The maximum Gasteiger partial charge on any atom is 0.329 e. The number of nitrogens with one attached hydrogen (secondary N) is 1. The first-order chi connectivity index (χ1) is 16.0. The topological polar surface area (TPSA) is 108 Å². The van der Waals surface area contributed by atoms with Crippen LogP contribution in [0.25, 0.3) is 0 Å². The molecular weight excluding hydrogens is 460 g/mol. The molecule has 3 N–H and O–H groups in total. The third kappa shape index (κ3) is 19.1. The molecule has 1 unspecified atom stereocenters. The van der Waals surface area contributed by atoms with Gasteiger partial charge in [0, 0.05) is 17.9 Å². The van der Waals surface area contributed by atoms with Gasteiger partial charge < -0.3 is 20.5 Å². The van der Waals surface area contributed by atoms with E-state index in [4.69, 9.17) is 10.5 Å². The van der Waals surface area contributed by atoms with Crippen molar-refractivity contribution in [2.24, 2.45) is 5.73 Å². The van der Waals surface area contributed by atoms with Crippen LogP contribution >= 0.6 is 21.6 Å². The van der Waals surface area contributed by atoms with Crippen LogP contribution in [0.15, 0.2) is 0 Å². The highest BCUT2D eigenvalue weighted by molar-refractivity contribution is 8.76. The third-order valence-electron chi connectivity index (χ3n) is 5.40. The molecule has 0 aliphatic heterocycles. The number of methoxy groups -OCH3 is 2. The van der Waals surface area contributed by atoms with E-state index in [1.807, 2.05) is 0 Å². The zero-order valence-electron chi connectivity index (χ0n) is 20.9. The number of ether oxygens (including phenoxy) is 2. The maximum atomic E-state index is 12.2. The monoisotopic (exact) mass is 506 g/mol. The van der Waals surface area contributed by atoms with Crippen LogP contribution in [0.2, 0.25) is 0 Å². The number of unbranched alkanes of at least 4 members (excludes halogenated alkanes) is 12. The van der Waals surface area contributed by atoms with Gasteiger partial charge in [-0.2, -0.15) is 0 Å². The predicted octanol–water partition coefficient (Wildman–Crippen LogP) is 5.01. The van der Waals surface area contributed by atoms with Crippen molar-refractivity contribution >= 4 is 39.4 Å². The van der Waals surface area contributed by atoms with Gasteiger partial charge in [0.15, 0.2) is 0 Å². The van der Waals surface area contributed by atoms with E-state index in [1.54, 1.807) is 0 Å². The number of hydrogen-bond acceptors (Lipinski definition) is 8. The Labute approximate surface area is 208 Å². The minimum atomic E-state index is -0.714. The van der Waals surface area contributed by atoms with Crippen LogP contribution in [0.3, 0.4) is 0 Å². The highest BCUT2D eigenvalue weighted by Crippen LogP contribution is 2.23. The average Bonchev–Trinajstić information content (AvgIpc) is 2.82. The SMILES string of the molecule is CCCCCCCCCCCCCCCC(=O)N[C@@H](CSSCC(N)C(=O)OC)C(=O)OC. The van der Waals surface area contributed by atoms with Crippen molar-refractivity contribution in [2.45, 2.75) is 109 Å². The van der Waals surface area contributed by atoms with Gasteiger partial charge in [-0.05, 0) is 6.42 Å². The zero-order chi connectivity index (χ0) is 24.7. The van der Waals surface area contributed by atoms with Gasteiger partial charge in [-0.25, -0.2) is 4.79 Å². The Hall–Kier alpha value is -0.930. The van der Waals surface area contributed by atoms with Crippen LogP contribution in [0.4, 0.5) is 0 Å². The minimum absolute atomic E-state index is 0.134. The molecule has 7 nitrogen and oxygen atoms in total. The van der Waals surface area contributed by atoms with Crippen molar-refractivity contribution in [1.82, 2.24) is 5.32 Å². The Morgan fingerprint density at radius 2 is 1.18 bits per heavy atom. The van der Waals surface area contributed by atoms with E-state index in [0.717, 1.165) is 19.3 Å². The largest absolute Gasteiger partial charge is 0.468 e. The summed E-state index contributed by atoms with van der Waals surface area (Å²) >= 11 is 0. The highest BCUT2D eigenvalue weighted by Gasteiger charge is 2.22. The number of hydrogen-bond donors (Lipinski definition) is 2. The Morgan fingerprint density at radius 1 is 0.727 bits per heavy atom. The van der Waals surface area contributed by atoms with Gasteiger partial charge in [0.25, 0.3) is 0 Å². The normalized spacial score (nSPS) is 12.7. The number of carbonyl (C=O) groups excluding carboxylic acids is 3. The first kappa shape index (κ1) is 32.1. The van der Waals surface area contributed by atoms with E-state index >= 15 is 0 Å². The molecule has 0 aliphatic carbocycles. The lowest BCUT2D eigenvalue weighted by molar-refractivity contribution is -0.144. The van der Waals surface area contributed by atoms with Gasteiger partial charge in [-0.15, -0.1) is 0 Å². The summed E-state index contributed by atoms with van der Waals surface area (Å²) < 4.78 is 9.37. The first-order valence-electron chi connectivity index (χ1n) is 12.4. The fourth-order valence-corrected chi connectivity index (χ4v) is 5.59. The molecule has 0 bridgehead atoms. The molecular formula is C24H46N2O5S2. The Bertz CT molecular complexity index is 523. The van der Waals surface area contributed by atoms with Crippen molar-refractivity contribution in [3.8, 4) is 0 Å². The maximum absolute atomic E-state index is 12.2. The van der Waals surface area contributed by atoms with Crippen LogP contribution < -0.4 is 11.1 Å². The number of amides is 1. The minimum Gasteiger partial charge on any atom is -0.468 e. The van der Waals surface area contributed by atoms with E-state index in [9.17, 15) is 14.4 Å². The summed E-state index contributed by atoms with van der Waals surface area (Å²) in [5, 5.41) is 2.76. The molecule has 0 aliphatic rings. The molecule has 33 heavy (non-hydrogen) atoms. The molecule has 0 saturated carbocycles. The molecule has 2 atom stereocenters. The van der Waals surface area contributed by atoms with Crippen molar-refractivity contribution in [3.05, 3.63) is 0 Å². The van der Waals surface area contributed by atoms with Crippen LogP contribution in [-0.4, -0.2) is 55.7 Å². The summed E-state index contributed by atoms with van der Waals surface area (Å²) in [4.78, 5) is 35.5. The molecule has 0 saturated heterocycles. The van der Waals surface area contributed by atoms with Gasteiger partial charge in [-0.3, -0.25) is 9.59 Å². The van der Waals surface area contributed by atoms with Crippen LogP contribution in [0.5, 0.6) is 0 Å². The lowest BCUT2D eigenvalue weighted by atomic mass is 10.0. The smallest absolute Gasteiger partial charge is 0.329 e. The van der Waals surface area contributed by atoms with Crippen LogP contribution in [0, 0.1) is 0 Å². The summed E-state index contributed by atoms with van der Waals surface area (Å²) in [5.41, 5.74) is 5.68. The Balaban J connectivity index is 3.82. The van der Waals surface area contributed by atoms with Crippen molar-refractivity contribution < 1.29 is 23.9 Å². The summed E-state index contributed by atoms with van der Waals surface area (Å²) in [6, 6.07) is -1.43. The Morgan fingerprint density at radius 3 is 1.67 bits per heavy atom. The second kappa shape index (κ2) is 22.8. The van der Waals surface area contributed by atoms with Crippen LogP contribution in [-0.2, 0) is 23.9 Å². The molecule has 1 amide bonds. The molecule has 0 heterocycles. The summed E-state index contributed by atoms with van der Waals surface area (Å²) in [6.45, 7) is 2.25. The lowest BCUT2D eigenvalue weighted by Gasteiger charge is -2.16. The predicted molar refractivity (Wildman–Crippen MR) is 139 cm³/mol. The number of carbonyl (C=O) groups is 3. The molecule has 0 spiro atoms. The number of nitrogens with two attached hydrogens (primary N) is 1. The van der Waals surface area contributed by atoms with Gasteiger partial charge in [0.05, 0.1) is 14.2 Å². The van der Waals surface area contributed by atoms with Crippen LogP contribution in [0.1, 0.15) is 96.8 Å². The molecule has 194 valence electrons. The molecule has 0 aromatic rings.